The molecule has 7 nitrogen and oxygen atoms in total. The van der Waals surface area contributed by atoms with E-state index in [-0.39, 0.29) is 0 Å². The predicted molar refractivity (Wildman–Crippen MR) is 90.1 cm³/mol. The molecule has 3 aromatic rings. The first-order chi connectivity index (χ1) is 11.8. The Morgan fingerprint density at radius 3 is 3.04 bits per heavy atom. The van der Waals surface area contributed by atoms with Crippen LogP contribution in [0.25, 0.3) is 17.0 Å². The van der Waals surface area contributed by atoms with Gasteiger partial charge >= 0.3 is 0 Å². The number of hydrogen-bond donors (Lipinski definition) is 2. The number of hydrogen-bond acceptors (Lipinski definition) is 6. The summed E-state index contributed by atoms with van der Waals surface area (Å²) >= 11 is 0. The van der Waals surface area contributed by atoms with Crippen LogP contribution >= 0.6 is 0 Å². The quantitative estimate of drug-likeness (QED) is 0.759. The zero-order valence-corrected chi connectivity index (χ0v) is 13.3. The molecule has 3 atom stereocenters. The maximum Gasteiger partial charge on any atom is 0.145 e. The van der Waals surface area contributed by atoms with Crippen molar-refractivity contribution in [3.8, 4) is 17.1 Å². The molecule has 1 saturated carbocycles. The highest BCUT2D eigenvalue weighted by Crippen LogP contribution is 2.36. The van der Waals surface area contributed by atoms with E-state index in [0.717, 1.165) is 41.1 Å². The normalized spacial score (nSPS) is 24.8. The molecule has 0 spiro atoms. The second kappa shape index (κ2) is 5.17. The number of pyridine rings is 1. The Labute approximate surface area is 139 Å². The molecule has 2 N–H and O–H groups in total. The summed E-state index contributed by atoms with van der Waals surface area (Å²) in [5.74, 6) is 2.44. The van der Waals surface area contributed by atoms with Crippen LogP contribution in [0.15, 0.2) is 36.9 Å². The Bertz CT molecular complexity index is 907. The number of imidazole rings is 1. The second-order valence-electron chi connectivity index (χ2n) is 6.41. The smallest absolute Gasteiger partial charge is 0.145 e. The third-order valence-electron chi connectivity index (χ3n) is 5.06. The molecule has 122 valence electrons. The fraction of sp³-hybridized carbons (Fsp3) is 0.353. The van der Waals surface area contributed by atoms with Crippen molar-refractivity contribution in [3.05, 3.63) is 36.9 Å². The van der Waals surface area contributed by atoms with Crippen LogP contribution < -0.4 is 15.4 Å². The molecule has 3 unspecified atom stereocenters. The Balaban J connectivity index is 1.45. The van der Waals surface area contributed by atoms with Crippen molar-refractivity contribution in [1.82, 2.24) is 24.7 Å². The van der Waals surface area contributed by atoms with Crippen LogP contribution in [0.3, 0.4) is 0 Å². The lowest BCUT2D eigenvalue weighted by Crippen LogP contribution is -2.70. The van der Waals surface area contributed by atoms with Gasteiger partial charge in [-0.2, -0.15) is 0 Å². The number of rotatable bonds is 4. The van der Waals surface area contributed by atoms with Gasteiger partial charge in [0.1, 0.15) is 22.9 Å². The first kappa shape index (κ1) is 13.7. The van der Waals surface area contributed by atoms with E-state index in [4.69, 9.17) is 9.72 Å². The van der Waals surface area contributed by atoms with Crippen molar-refractivity contribution >= 4 is 11.5 Å². The number of fused-ring (bicyclic) bond motifs is 2. The summed E-state index contributed by atoms with van der Waals surface area (Å²) in [5.41, 5.74) is 2.54. The fourth-order valence-corrected chi connectivity index (χ4v) is 3.57. The summed E-state index contributed by atoms with van der Waals surface area (Å²) in [4.78, 5) is 13.5. The average molecular weight is 322 g/mol. The molecular formula is C17H18N6O. The van der Waals surface area contributed by atoms with Crippen LogP contribution in [-0.2, 0) is 0 Å². The van der Waals surface area contributed by atoms with E-state index in [2.05, 4.69) is 20.6 Å². The molecule has 0 radical (unpaired) electrons. The zero-order chi connectivity index (χ0) is 16.1. The maximum absolute atomic E-state index is 5.25. The Morgan fingerprint density at radius 2 is 2.29 bits per heavy atom. The molecular weight excluding hydrogens is 304 g/mol. The van der Waals surface area contributed by atoms with Crippen LogP contribution in [0.2, 0.25) is 0 Å². The molecule has 4 heterocycles. The van der Waals surface area contributed by atoms with Gasteiger partial charge in [-0.3, -0.25) is 9.38 Å². The molecule has 1 saturated heterocycles. The van der Waals surface area contributed by atoms with Crippen molar-refractivity contribution in [3.63, 3.8) is 0 Å². The molecule has 3 aromatic heterocycles. The first-order valence-corrected chi connectivity index (χ1v) is 8.15. The van der Waals surface area contributed by atoms with Crippen LogP contribution in [0.4, 0.5) is 5.82 Å². The third kappa shape index (κ3) is 2.05. The van der Waals surface area contributed by atoms with E-state index >= 15 is 0 Å². The van der Waals surface area contributed by atoms with Crippen LogP contribution in [0.5, 0.6) is 5.75 Å². The monoisotopic (exact) mass is 322 g/mol. The van der Waals surface area contributed by atoms with Gasteiger partial charge in [-0.1, -0.05) is 0 Å². The van der Waals surface area contributed by atoms with Gasteiger partial charge in [0, 0.05) is 24.3 Å². The maximum atomic E-state index is 5.25. The molecule has 1 aliphatic carbocycles. The van der Waals surface area contributed by atoms with Gasteiger partial charge in [0.2, 0.25) is 0 Å². The van der Waals surface area contributed by atoms with Gasteiger partial charge in [-0.05, 0) is 24.9 Å². The molecule has 0 bridgehead atoms. The minimum absolute atomic E-state index is 0.458. The second-order valence-corrected chi connectivity index (χ2v) is 6.41. The highest BCUT2D eigenvalue weighted by atomic mass is 16.5. The fourth-order valence-electron chi connectivity index (χ4n) is 3.57. The Morgan fingerprint density at radius 1 is 1.33 bits per heavy atom. The summed E-state index contributed by atoms with van der Waals surface area (Å²) < 4.78 is 7.24. The van der Waals surface area contributed by atoms with Gasteiger partial charge in [0.05, 0.1) is 31.4 Å². The molecule has 2 aliphatic rings. The van der Waals surface area contributed by atoms with E-state index in [1.807, 2.05) is 28.9 Å². The molecule has 0 aromatic carbocycles. The van der Waals surface area contributed by atoms with Gasteiger partial charge in [-0.25, -0.2) is 9.97 Å². The highest BCUT2D eigenvalue weighted by molar-refractivity contribution is 5.61. The Hall–Kier alpha value is -2.67. The number of piperidine rings is 1. The summed E-state index contributed by atoms with van der Waals surface area (Å²) in [6.45, 7) is 1.15. The lowest BCUT2D eigenvalue weighted by molar-refractivity contribution is 0.0910. The van der Waals surface area contributed by atoms with Crippen molar-refractivity contribution in [1.29, 1.82) is 0 Å². The number of anilines is 1. The van der Waals surface area contributed by atoms with E-state index in [0.29, 0.717) is 12.1 Å². The standard InChI is InChI=1S/C17H18N6O/c1-24-11-2-3-23-14(8-19-16(23)5-11)13-7-18-9-15(22-13)21-12-4-10-6-20-17(10)12/h2-3,5,7-10,12,17,20H,4,6H2,1H3,(H,21,22). The largest absolute Gasteiger partial charge is 0.497 e. The SMILES string of the molecule is COc1ccn2c(-c3cncc(NC4CC5CNC54)n3)cnc2c1. The molecule has 1 aliphatic heterocycles. The van der Waals surface area contributed by atoms with Gasteiger partial charge in [0.15, 0.2) is 0 Å². The zero-order valence-electron chi connectivity index (χ0n) is 13.3. The van der Waals surface area contributed by atoms with Gasteiger partial charge in [-0.15, -0.1) is 0 Å². The van der Waals surface area contributed by atoms with Crippen LogP contribution in [0.1, 0.15) is 6.42 Å². The molecule has 0 amide bonds. The van der Waals surface area contributed by atoms with Crippen molar-refractivity contribution < 1.29 is 4.74 Å². The van der Waals surface area contributed by atoms with Crippen molar-refractivity contribution in [2.24, 2.45) is 5.92 Å². The Kier molecular flexibility index (Phi) is 2.96. The molecule has 24 heavy (non-hydrogen) atoms. The van der Waals surface area contributed by atoms with Crippen molar-refractivity contribution in [2.75, 3.05) is 19.0 Å². The van der Waals surface area contributed by atoms with E-state index in [1.54, 1.807) is 19.5 Å². The highest BCUT2D eigenvalue weighted by Gasteiger charge is 2.47. The number of nitrogens with one attached hydrogen (secondary N) is 2. The molecule has 2 fully saturated rings. The summed E-state index contributed by atoms with van der Waals surface area (Å²) in [7, 11) is 1.65. The van der Waals surface area contributed by atoms with E-state index in [1.165, 1.54) is 6.42 Å². The first-order valence-electron chi connectivity index (χ1n) is 8.15. The van der Waals surface area contributed by atoms with Crippen LogP contribution in [-0.4, -0.2) is 45.1 Å². The molecule has 5 rings (SSSR count). The molecule has 7 heteroatoms. The minimum Gasteiger partial charge on any atom is -0.497 e. The number of ether oxygens (including phenoxy) is 1. The van der Waals surface area contributed by atoms with Crippen molar-refractivity contribution in [2.45, 2.75) is 18.5 Å². The summed E-state index contributed by atoms with van der Waals surface area (Å²) in [6, 6.07) is 4.86. The lowest BCUT2D eigenvalue weighted by Gasteiger charge is -2.53. The van der Waals surface area contributed by atoms with Gasteiger partial charge in [0.25, 0.3) is 0 Å². The summed E-state index contributed by atoms with van der Waals surface area (Å²) in [6.07, 6.45) is 8.51. The minimum atomic E-state index is 0.458. The van der Waals surface area contributed by atoms with E-state index < -0.39 is 0 Å². The lowest BCUT2D eigenvalue weighted by atomic mass is 9.69. The number of nitrogens with zero attached hydrogens (tertiary/aromatic N) is 4. The van der Waals surface area contributed by atoms with Crippen LogP contribution in [0, 0.1) is 5.92 Å². The average Bonchev–Trinajstić information content (AvgIpc) is 3.02. The topological polar surface area (TPSA) is 76.4 Å². The van der Waals surface area contributed by atoms with Gasteiger partial charge < -0.3 is 15.4 Å². The summed E-state index contributed by atoms with van der Waals surface area (Å²) in [5, 5.41) is 6.95. The number of aromatic nitrogens is 4. The third-order valence-corrected chi connectivity index (χ3v) is 5.06. The number of methoxy groups -OCH3 is 1. The van der Waals surface area contributed by atoms with E-state index in [9.17, 15) is 0 Å². The predicted octanol–water partition coefficient (Wildman–Crippen LogP) is 1.57.